The first-order valence-electron chi connectivity index (χ1n) is 8.88. The second-order valence-electron chi connectivity index (χ2n) is 7.63. The van der Waals surface area contributed by atoms with Crippen LogP contribution in [0, 0.1) is 5.92 Å². The normalized spacial score (nSPS) is 33.1. The van der Waals surface area contributed by atoms with Crippen LogP contribution in [0.3, 0.4) is 0 Å². The molecule has 1 aromatic carbocycles. The van der Waals surface area contributed by atoms with Crippen molar-refractivity contribution in [3.8, 4) is 10.6 Å². The Balaban J connectivity index is 1.68. The average Bonchev–Trinajstić information content (AvgIpc) is 3.12. The highest BCUT2D eigenvalue weighted by Crippen LogP contribution is 2.55. The molecule has 2 heterocycles. The molecule has 2 fully saturated rings. The topological polar surface area (TPSA) is 29.0 Å². The molecule has 0 amide bonds. The number of likely N-dealkylation sites (tertiary alicyclic amines) is 1. The lowest BCUT2D eigenvalue weighted by Crippen LogP contribution is -2.59. The summed E-state index contributed by atoms with van der Waals surface area (Å²) in [6.07, 6.45) is 8.18. The number of aromatic nitrogens is 2. The van der Waals surface area contributed by atoms with Crippen molar-refractivity contribution in [1.29, 1.82) is 0 Å². The van der Waals surface area contributed by atoms with E-state index < -0.39 is 0 Å². The Morgan fingerprint density at radius 1 is 1.26 bits per heavy atom. The van der Waals surface area contributed by atoms with E-state index >= 15 is 0 Å². The third kappa shape index (κ3) is 1.97. The van der Waals surface area contributed by atoms with Crippen molar-refractivity contribution in [1.82, 2.24) is 15.1 Å². The van der Waals surface area contributed by atoms with Gasteiger partial charge in [0, 0.05) is 17.0 Å². The molecule has 1 saturated carbocycles. The molecule has 1 unspecified atom stereocenters. The molecular weight excluding hydrogens is 302 g/mol. The van der Waals surface area contributed by atoms with Crippen LogP contribution in [0.1, 0.15) is 43.2 Å². The summed E-state index contributed by atoms with van der Waals surface area (Å²) in [5.74, 6) is 0.854. The van der Waals surface area contributed by atoms with Gasteiger partial charge in [-0.25, -0.2) is 0 Å². The van der Waals surface area contributed by atoms with Crippen LogP contribution >= 0.6 is 11.3 Å². The molecule has 0 spiro atoms. The van der Waals surface area contributed by atoms with Crippen molar-refractivity contribution in [2.24, 2.45) is 5.92 Å². The Bertz CT molecular complexity index is 726. The van der Waals surface area contributed by atoms with Gasteiger partial charge in [0.15, 0.2) is 0 Å². The highest BCUT2D eigenvalue weighted by atomic mass is 32.1. The lowest BCUT2D eigenvalue weighted by Gasteiger charge is -2.58. The van der Waals surface area contributed by atoms with Crippen LogP contribution in [0.4, 0.5) is 0 Å². The molecule has 3 atom stereocenters. The second kappa shape index (κ2) is 5.12. The summed E-state index contributed by atoms with van der Waals surface area (Å²) < 4.78 is 0. The minimum absolute atomic E-state index is 0.434. The van der Waals surface area contributed by atoms with Gasteiger partial charge in [-0.2, -0.15) is 0 Å². The SMILES string of the molecule is CN1CC[C@@]23CCCCC2[C@@H]1Cc1ccc(-c2nncs2)cc13. The van der Waals surface area contributed by atoms with Gasteiger partial charge in [0.1, 0.15) is 10.5 Å². The van der Waals surface area contributed by atoms with Crippen LogP contribution in [0.5, 0.6) is 0 Å². The monoisotopic (exact) mass is 325 g/mol. The van der Waals surface area contributed by atoms with Crippen LogP contribution in [0.25, 0.3) is 10.6 Å². The van der Waals surface area contributed by atoms with E-state index in [4.69, 9.17) is 0 Å². The summed E-state index contributed by atoms with van der Waals surface area (Å²) in [6, 6.07) is 7.86. The largest absolute Gasteiger partial charge is 0.303 e. The Kier molecular flexibility index (Phi) is 3.14. The fourth-order valence-electron chi connectivity index (χ4n) is 5.63. The minimum atomic E-state index is 0.434. The number of piperidine rings is 1. The summed E-state index contributed by atoms with van der Waals surface area (Å²) in [6.45, 7) is 1.25. The minimum Gasteiger partial charge on any atom is -0.303 e. The van der Waals surface area contributed by atoms with E-state index in [-0.39, 0.29) is 0 Å². The average molecular weight is 325 g/mol. The van der Waals surface area contributed by atoms with Crippen molar-refractivity contribution in [3.05, 3.63) is 34.8 Å². The Hall–Kier alpha value is -1.26. The first-order valence-corrected chi connectivity index (χ1v) is 9.76. The van der Waals surface area contributed by atoms with E-state index in [1.807, 2.05) is 5.51 Å². The lowest BCUT2D eigenvalue weighted by molar-refractivity contribution is 0.00290. The number of hydrogen-bond acceptors (Lipinski definition) is 4. The lowest BCUT2D eigenvalue weighted by atomic mass is 9.52. The number of likely N-dealkylation sites (N-methyl/N-ethyl adjacent to an activating group) is 1. The molecule has 2 aromatic rings. The van der Waals surface area contributed by atoms with Crippen molar-refractivity contribution in [3.63, 3.8) is 0 Å². The predicted octanol–water partition coefficient (Wildman–Crippen LogP) is 3.89. The first-order chi connectivity index (χ1) is 11.3. The fourth-order valence-corrected chi connectivity index (χ4v) is 6.18. The molecule has 23 heavy (non-hydrogen) atoms. The maximum Gasteiger partial charge on any atom is 0.147 e. The quantitative estimate of drug-likeness (QED) is 0.796. The number of nitrogens with zero attached hydrogens (tertiary/aromatic N) is 3. The van der Waals surface area contributed by atoms with Gasteiger partial charge in [-0.1, -0.05) is 36.3 Å². The van der Waals surface area contributed by atoms with E-state index in [1.54, 1.807) is 22.5 Å². The molecule has 0 N–H and O–H groups in total. The zero-order valence-corrected chi connectivity index (χ0v) is 14.5. The third-order valence-electron chi connectivity index (χ3n) is 6.72. The molecule has 1 aliphatic heterocycles. The predicted molar refractivity (Wildman–Crippen MR) is 93.7 cm³/mol. The molecule has 1 aromatic heterocycles. The third-order valence-corrected chi connectivity index (χ3v) is 7.46. The van der Waals surface area contributed by atoms with Crippen molar-refractivity contribution in [2.75, 3.05) is 13.6 Å². The Labute approximate surface area is 141 Å². The summed E-state index contributed by atoms with van der Waals surface area (Å²) in [4.78, 5) is 2.63. The van der Waals surface area contributed by atoms with Gasteiger partial charge in [0.2, 0.25) is 0 Å². The van der Waals surface area contributed by atoms with Crippen LogP contribution < -0.4 is 0 Å². The van der Waals surface area contributed by atoms with Gasteiger partial charge in [0.05, 0.1) is 0 Å². The van der Waals surface area contributed by atoms with Gasteiger partial charge >= 0.3 is 0 Å². The summed E-state index contributed by atoms with van der Waals surface area (Å²) in [5, 5.41) is 9.38. The molecule has 3 nitrogen and oxygen atoms in total. The van der Waals surface area contributed by atoms with Crippen molar-refractivity contribution in [2.45, 2.75) is 50.0 Å². The molecule has 3 aliphatic rings. The summed E-state index contributed by atoms with van der Waals surface area (Å²) in [5.41, 5.74) is 6.78. The summed E-state index contributed by atoms with van der Waals surface area (Å²) in [7, 11) is 2.34. The van der Waals surface area contributed by atoms with Gasteiger partial charge in [-0.05, 0) is 62.4 Å². The smallest absolute Gasteiger partial charge is 0.147 e. The zero-order valence-electron chi connectivity index (χ0n) is 13.7. The van der Waals surface area contributed by atoms with Crippen molar-refractivity contribution < 1.29 is 0 Å². The first kappa shape index (κ1) is 14.1. The van der Waals surface area contributed by atoms with Crippen LogP contribution in [-0.2, 0) is 11.8 Å². The van der Waals surface area contributed by atoms with E-state index in [0.717, 1.165) is 17.0 Å². The molecule has 5 rings (SSSR count). The molecule has 2 aliphatic carbocycles. The van der Waals surface area contributed by atoms with Gasteiger partial charge in [0.25, 0.3) is 0 Å². The summed E-state index contributed by atoms with van der Waals surface area (Å²) >= 11 is 1.65. The van der Waals surface area contributed by atoms with Crippen molar-refractivity contribution >= 4 is 11.3 Å². The van der Waals surface area contributed by atoms with Crippen LogP contribution in [0.15, 0.2) is 23.7 Å². The zero-order chi connectivity index (χ0) is 15.4. The molecule has 2 bridgehead atoms. The molecule has 0 radical (unpaired) electrons. The molecule has 120 valence electrons. The van der Waals surface area contributed by atoms with Crippen LogP contribution in [-0.4, -0.2) is 34.7 Å². The van der Waals surface area contributed by atoms with Gasteiger partial charge < -0.3 is 4.90 Å². The highest BCUT2D eigenvalue weighted by Gasteiger charge is 2.52. The standard InChI is InChI=1S/C19H23N3S/c1-22-9-8-19-7-3-2-4-15(19)17(22)11-13-5-6-14(10-16(13)19)18-21-20-12-23-18/h5-6,10,12,15,17H,2-4,7-9,11H2,1H3/t15?,17-,19-/m0/s1. The van der Waals surface area contributed by atoms with E-state index in [2.05, 4.69) is 40.3 Å². The maximum absolute atomic E-state index is 4.29. The number of rotatable bonds is 1. The Morgan fingerprint density at radius 3 is 3.09 bits per heavy atom. The number of hydrogen-bond donors (Lipinski definition) is 0. The fraction of sp³-hybridized carbons (Fsp3) is 0.579. The molecular formula is C19H23N3S. The maximum atomic E-state index is 4.29. The number of fused-ring (bicyclic) bond motifs is 1. The molecule has 1 saturated heterocycles. The Morgan fingerprint density at radius 2 is 2.22 bits per heavy atom. The van der Waals surface area contributed by atoms with E-state index in [1.165, 1.54) is 50.6 Å². The highest BCUT2D eigenvalue weighted by molar-refractivity contribution is 7.12. The second-order valence-corrected chi connectivity index (χ2v) is 8.46. The van der Waals surface area contributed by atoms with E-state index in [9.17, 15) is 0 Å². The molecule has 4 heteroatoms. The van der Waals surface area contributed by atoms with Gasteiger partial charge in [-0.15, -0.1) is 10.2 Å². The van der Waals surface area contributed by atoms with Gasteiger partial charge in [-0.3, -0.25) is 0 Å². The van der Waals surface area contributed by atoms with Crippen LogP contribution in [0.2, 0.25) is 0 Å². The van der Waals surface area contributed by atoms with E-state index in [0.29, 0.717) is 5.41 Å². The number of benzene rings is 1.